The number of aryl methyl sites for hydroxylation is 1. The van der Waals surface area contributed by atoms with Crippen molar-refractivity contribution in [2.45, 2.75) is 6.92 Å². The molecule has 2 aromatic rings. The molecule has 110 valence electrons. The van der Waals surface area contributed by atoms with Crippen LogP contribution in [0.2, 0.25) is 0 Å². The number of benzene rings is 1. The minimum atomic E-state index is -0.549. The molecule has 0 aliphatic heterocycles. The summed E-state index contributed by atoms with van der Waals surface area (Å²) in [6.45, 7) is 1.50. The van der Waals surface area contributed by atoms with Gasteiger partial charge in [-0.2, -0.15) is 4.98 Å². The fourth-order valence-corrected chi connectivity index (χ4v) is 2.26. The lowest BCUT2D eigenvalue weighted by Crippen LogP contribution is -2.07. The van der Waals surface area contributed by atoms with E-state index in [4.69, 9.17) is 10.5 Å². The fourth-order valence-electron chi connectivity index (χ4n) is 1.78. The van der Waals surface area contributed by atoms with Gasteiger partial charge in [0.15, 0.2) is 0 Å². The van der Waals surface area contributed by atoms with Gasteiger partial charge in [0.2, 0.25) is 11.8 Å². The molecule has 0 fully saturated rings. The minimum absolute atomic E-state index is 0.0325. The van der Waals surface area contributed by atoms with Crippen LogP contribution in [-0.4, -0.2) is 22.0 Å². The summed E-state index contributed by atoms with van der Waals surface area (Å²) in [4.78, 5) is 18.3. The number of nitrogens with two attached hydrogens (primary N) is 1. The van der Waals surface area contributed by atoms with Crippen LogP contribution in [0, 0.1) is 17.0 Å². The molecule has 0 saturated carbocycles. The van der Waals surface area contributed by atoms with Gasteiger partial charge in [-0.25, -0.2) is 4.98 Å². The van der Waals surface area contributed by atoms with Gasteiger partial charge in [-0.1, -0.05) is 15.9 Å². The van der Waals surface area contributed by atoms with E-state index in [0.29, 0.717) is 11.4 Å². The maximum atomic E-state index is 11.1. The van der Waals surface area contributed by atoms with Crippen LogP contribution >= 0.6 is 15.9 Å². The van der Waals surface area contributed by atoms with E-state index in [1.807, 2.05) is 0 Å². The molecule has 2 rings (SSSR count). The van der Waals surface area contributed by atoms with E-state index in [2.05, 4.69) is 31.2 Å². The van der Waals surface area contributed by atoms with Crippen LogP contribution in [0.5, 0.6) is 5.75 Å². The zero-order valence-corrected chi connectivity index (χ0v) is 12.8. The highest BCUT2D eigenvalue weighted by molar-refractivity contribution is 9.10. The minimum Gasteiger partial charge on any atom is -0.497 e. The molecule has 0 aliphatic carbocycles. The second-order valence-corrected chi connectivity index (χ2v) is 5.04. The zero-order valence-electron chi connectivity index (χ0n) is 11.3. The van der Waals surface area contributed by atoms with Crippen molar-refractivity contribution >= 4 is 39.1 Å². The van der Waals surface area contributed by atoms with Crippen LogP contribution in [0.25, 0.3) is 0 Å². The lowest BCUT2D eigenvalue weighted by Gasteiger charge is -2.10. The lowest BCUT2D eigenvalue weighted by molar-refractivity contribution is -0.385. The molecule has 0 amide bonds. The van der Waals surface area contributed by atoms with Crippen molar-refractivity contribution in [3.8, 4) is 5.75 Å². The smallest absolute Gasteiger partial charge is 0.332 e. The first kappa shape index (κ1) is 15.0. The fraction of sp³-hybridized carbons (Fsp3) is 0.167. The van der Waals surface area contributed by atoms with E-state index >= 15 is 0 Å². The number of rotatable bonds is 4. The summed E-state index contributed by atoms with van der Waals surface area (Å²) in [5.74, 6) is 0.584. The van der Waals surface area contributed by atoms with Gasteiger partial charge in [-0.05, 0) is 19.1 Å². The molecule has 0 spiro atoms. The molecule has 0 saturated heterocycles. The van der Waals surface area contributed by atoms with Crippen molar-refractivity contribution in [1.82, 2.24) is 9.97 Å². The number of halogens is 1. The third kappa shape index (κ3) is 3.37. The Kier molecular flexibility index (Phi) is 4.22. The van der Waals surface area contributed by atoms with Gasteiger partial charge in [0.1, 0.15) is 11.4 Å². The van der Waals surface area contributed by atoms with Gasteiger partial charge >= 0.3 is 5.69 Å². The molecule has 8 nitrogen and oxygen atoms in total. The molecule has 0 bridgehead atoms. The average Bonchev–Trinajstić information content (AvgIpc) is 2.36. The maximum absolute atomic E-state index is 11.1. The number of hydrogen-bond donors (Lipinski definition) is 2. The average molecular weight is 354 g/mol. The van der Waals surface area contributed by atoms with Crippen LogP contribution in [-0.2, 0) is 0 Å². The van der Waals surface area contributed by atoms with Crippen molar-refractivity contribution in [2.75, 3.05) is 18.2 Å². The van der Waals surface area contributed by atoms with E-state index < -0.39 is 4.92 Å². The Morgan fingerprint density at radius 3 is 2.71 bits per heavy atom. The normalized spacial score (nSPS) is 10.2. The highest BCUT2D eigenvalue weighted by Crippen LogP contribution is 2.31. The summed E-state index contributed by atoms with van der Waals surface area (Å²) in [5, 5.41) is 14.0. The Morgan fingerprint density at radius 2 is 2.10 bits per heavy atom. The number of methoxy groups -OCH3 is 1. The first-order valence-electron chi connectivity index (χ1n) is 5.81. The first-order chi connectivity index (χ1) is 9.90. The highest BCUT2D eigenvalue weighted by atomic mass is 79.9. The summed E-state index contributed by atoms with van der Waals surface area (Å²) >= 11 is 3.33. The molecular weight excluding hydrogens is 342 g/mol. The van der Waals surface area contributed by atoms with Crippen molar-refractivity contribution in [3.63, 3.8) is 0 Å². The van der Waals surface area contributed by atoms with Gasteiger partial charge in [-0.15, -0.1) is 0 Å². The quantitative estimate of drug-likeness (QED) is 0.640. The Bertz CT molecular complexity index is 708. The van der Waals surface area contributed by atoms with Crippen molar-refractivity contribution in [3.05, 3.63) is 38.5 Å². The summed E-state index contributed by atoms with van der Waals surface area (Å²) in [6.07, 6.45) is 0. The van der Waals surface area contributed by atoms with E-state index in [1.54, 1.807) is 18.2 Å². The number of nitrogens with one attached hydrogen (secondary N) is 1. The molecular formula is C12H12BrN5O3. The van der Waals surface area contributed by atoms with Crippen LogP contribution in [0.15, 0.2) is 22.7 Å². The summed E-state index contributed by atoms with van der Waals surface area (Å²) in [5.41, 5.74) is 6.09. The molecule has 21 heavy (non-hydrogen) atoms. The van der Waals surface area contributed by atoms with Crippen LogP contribution < -0.4 is 15.8 Å². The van der Waals surface area contributed by atoms with Gasteiger partial charge in [0.05, 0.1) is 12.0 Å². The van der Waals surface area contributed by atoms with Crippen LogP contribution in [0.3, 0.4) is 0 Å². The van der Waals surface area contributed by atoms with E-state index in [-0.39, 0.29) is 23.1 Å². The first-order valence-corrected chi connectivity index (χ1v) is 6.60. The molecule has 1 heterocycles. The molecule has 0 atom stereocenters. The molecule has 1 aromatic heterocycles. The van der Waals surface area contributed by atoms with Gasteiger partial charge in [0, 0.05) is 16.2 Å². The monoisotopic (exact) mass is 353 g/mol. The second kappa shape index (κ2) is 5.92. The third-order valence-corrected chi connectivity index (χ3v) is 3.09. The molecule has 0 aliphatic rings. The van der Waals surface area contributed by atoms with Gasteiger partial charge in [-0.3, -0.25) is 10.1 Å². The number of nitro groups is 1. The number of aromatic nitrogens is 2. The van der Waals surface area contributed by atoms with Crippen molar-refractivity contribution in [1.29, 1.82) is 0 Å². The van der Waals surface area contributed by atoms with Crippen molar-refractivity contribution < 1.29 is 9.66 Å². The molecule has 1 aromatic carbocycles. The van der Waals surface area contributed by atoms with E-state index in [0.717, 1.165) is 4.47 Å². The Labute approximate surface area is 128 Å². The summed E-state index contributed by atoms with van der Waals surface area (Å²) in [7, 11) is 1.53. The van der Waals surface area contributed by atoms with Crippen LogP contribution in [0.1, 0.15) is 5.69 Å². The second-order valence-electron chi connectivity index (χ2n) is 4.13. The summed E-state index contributed by atoms with van der Waals surface area (Å²) in [6, 6.07) is 5.18. The molecule has 3 N–H and O–H groups in total. The highest BCUT2D eigenvalue weighted by Gasteiger charge is 2.21. The van der Waals surface area contributed by atoms with E-state index in [1.165, 1.54) is 14.0 Å². The predicted molar refractivity (Wildman–Crippen MR) is 81.8 cm³/mol. The third-order valence-electron chi connectivity index (χ3n) is 2.63. The number of hydrogen-bond acceptors (Lipinski definition) is 7. The van der Waals surface area contributed by atoms with E-state index in [9.17, 15) is 10.1 Å². The Balaban J connectivity index is 2.48. The zero-order chi connectivity index (χ0) is 15.6. The lowest BCUT2D eigenvalue weighted by atomic mass is 10.3. The molecule has 9 heteroatoms. The Morgan fingerprint density at radius 1 is 1.38 bits per heavy atom. The van der Waals surface area contributed by atoms with Gasteiger partial charge < -0.3 is 15.8 Å². The predicted octanol–water partition coefficient (Wildman–Crippen LogP) is 2.79. The van der Waals surface area contributed by atoms with Gasteiger partial charge in [0.25, 0.3) is 0 Å². The Hall–Kier alpha value is -2.42. The number of nitrogen functional groups attached to an aromatic ring is 1. The number of nitrogens with zero attached hydrogens (tertiary/aromatic N) is 3. The van der Waals surface area contributed by atoms with Crippen molar-refractivity contribution in [2.24, 2.45) is 0 Å². The molecule has 0 unspecified atom stereocenters. The standard InChI is InChI=1S/C12H12BrN5O3/c1-6-10(18(19)20)11(17-12(14)15-6)16-8-3-7(13)4-9(5-8)21-2/h3-5H,1-2H3,(H3,14,15,16,17). The SMILES string of the molecule is COc1cc(Br)cc(Nc2nc(N)nc(C)c2[N+](=O)[O-])c1. The largest absolute Gasteiger partial charge is 0.497 e. The number of ether oxygens (including phenoxy) is 1. The maximum Gasteiger partial charge on any atom is 0.332 e. The topological polar surface area (TPSA) is 116 Å². The number of anilines is 3. The molecule has 0 radical (unpaired) electrons. The summed E-state index contributed by atoms with van der Waals surface area (Å²) < 4.78 is 5.89. The van der Waals surface area contributed by atoms with Crippen LogP contribution in [0.4, 0.5) is 23.1 Å².